The first-order chi connectivity index (χ1) is 12.6. The molecule has 1 unspecified atom stereocenters. The van der Waals surface area contributed by atoms with Crippen LogP contribution in [0.1, 0.15) is 51.7 Å². The Balaban J connectivity index is 2.00. The van der Waals surface area contributed by atoms with Crippen LogP contribution in [0.5, 0.6) is 0 Å². The van der Waals surface area contributed by atoms with Crippen molar-refractivity contribution < 1.29 is 0 Å². The molecule has 0 aromatic carbocycles. The second-order valence-electron chi connectivity index (χ2n) is 7.23. The summed E-state index contributed by atoms with van der Waals surface area (Å²) in [6, 6.07) is 0. The van der Waals surface area contributed by atoms with E-state index in [1.165, 1.54) is 25.8 Å². The molecule has 1 aromatic rings. The van der Waals surface area contributed by atoms with Crippen LogP contribution in [0.4, 0.5) is 0 Å². The number of likely N-dealkylation sites (tertiary alicyclic amines) is 1. The van der Waals surface area contributed by atoms with Gasteiger partial charge in [-0.1, -0.05) is 27.2 Å². The van der Waals surface area contributed by atoms with E-state index in [0.717, 1.165) is 56.3 Å². The van der Waals surface area contributed by atoms with Gasteiger partial charge in [-0.3, -0.25) is 0 Å². The molecule has 7 nitrogen and oxygen atoms in total. The van der Waals surface area contributed by atoms with Crippen LogP contribution in [0.25, 0.3) is 0 Å². The Labute approximate surface area is 158 Å². The number of nitrogens with zero attached hydrogens (tertiary/aromatic N) is 6. The van der Waals surface area contributed by atoms with Gasteiger partial charge in [0.2, 0.25) is 0 Å². The maximum Gasteiger partial charge on any atom is 0.194 e. The molecule has 0 bridgehead atoms. The van der Waals surface area contributed by atoms with E-state index < -0.39 is 0 Å². The quantitative estimate of drug-likeness (QED) is 0.413. The first-order valence-corrected chi connectivity index (χ1v) is 10.2. The molecular weight excluding hydrogens is 326 g/mol. The standard InChI is InChI=1S/C19H37N7/c1-6-9-11-20-19(21-13-18-23-22-16(4)24(18)5)26-12-10-17(15-26)14-25(7-2)8-3/h17H,6-15H2,1-5H3,(H,20,21). The fourth-order valence-electron chi connectivity index (χ4n) is 3.40. The molecule has 148 valence electrons. The fraction of sp³-hybridized carbons (Fsp3) is 0.842. The topological polar surface area (TPSA) is 61.6 Å². The number of aliphatic imine (C=N–C) groups is 1. The number of rotatable bonds is 9. The van der Waals surface area contributed by atoms with Crippen LogP contribution < -0.4 is 5.32 Å². The summed E-state index contributed by atoms with van der Waals surface area (Å²) in [6.45, 7) is 15.9. The van der Waals surface area contributed by atoms with Gasteiger partial charge in [0, 0.05) is 33.2 Å². The zero-order valence-electron chi connectivity index (χ0n) is 17.3. The van der Waals surface area contributed by atoms with Gasteiger partial charge in [-0.05, 0) is 38.8 Å². The molecule has 0 radical (unpaired) electrons. The van der Waals surface area contributed by atoms with E-state index >= 15 is 0 Å². The summed E-state index contributed by atoms with van der Waals surface area (Å²) in [6.07, 6.45) is 3.60. The highest BCUT2D eigenvalue weighted by Gasteiger charge is 2.26. The maximum absolute atomic E-state index is 4.87. The van der Waals surface area contributed by atoms with Crippen molar-refractivity contribution in [2.75, 3.05) is 39.3 Å². The third-order valence-electron chi connectivity index (χ3n) is 5.36. The molecule has 26 heavy (non-hydrogen) atoms. The van der Waals surface area contributed by atoms with Gasteiger partial charge in [0.1, 0.15) is 12.4 Å². The summed E-state index contributed by atoms with van der Waals surface area (Å²) in [4.78, 5) is 9.82. The van der Waals surface area contributed by atoms with E-state index in [1.807, 2.05) is 18.5 Å². The summed E-state index contributed by atoms with van der Waals surface area (Å²) in [5, 5.41) is 11.9. The van der Waals surface area contributed by atoms with Gasteiger partial charge in [0.25, 0.3) is 0 Å². The molecule has 0 aliphatic carbocycles. The molecule has 7 heteroatoms. The average molecular weight is 364 g/mol. The number of aryl methyl sites for hydroxylation is 1. The van der Waals surface area contributed by atoms with Crippen molar-refractivity contribution in [2.45, 2.75) is 53.5 Å². The number of guanidine groups is 1. The normalized spacial score (nSPS) is 18.2. The second kappa shape index (κ2) is 10.5. The number of hydrogen-bond donors (Lipinski definition) is 1. The SMILES string of the molecule is CCCCNC(=NCc1nnc(C)n1C)N1CCC(CN(CC)CC)C1. The van der Waals surface area contributed by atoms with E-state index in [2.05, 4.69) is 46.1 Å². The third kappa shape index (κ3) is 5.69. The summed E-state index contributed by atoms with van der Waals surface area (Å²) < 4.78 is 2.01. The van der Waals surface area contributed by atoms with Crippen molar-refractivity contribution in [3.05, 3.63) is 11.6 Å². The Morgan fingerprint density at radius 1 is 1.27 bits per heavy atom. The minimum atomic E-state index is 0.572. The predicted molar refractivity (Wildman–Crippen MR) is 107 cm³/mol. The van der Waals surface area contributed by atoms with Crippen molar-refractivity contribution in [3.63, 3.8) is 0 Å². The first-order valence-electron chi connectivity index (χ1n) is 10.2. The van der Waals surface area contributed by atoms with E-state index in [0.29, 0.717) is 6.54 Å². The highest BCUT2D eigenvalue weighted by Crippen LogP contribution is 2.18. The molecule has 0 saturated carbocycles. The van der Waals surface area contributed by atoms with Crippen LogP contribution in [-0.2, 0) is 13.6 Å². The molecule has 0 amide bonds. The van der Waals surface area contributed by atoms with E-state index in [4.69, 9.17) is 4.99 Å². The average Bonchev–Trinajstić information content (AvgIpc) is 3.24. The van der Waals surface area contributed by atoms with E-state index in [9.17, 15) is 0 Å². The molecule has 1 atom stereocenters. The molecule has 1 aromatic heterocycles. The minimum Gasteiger partial charge on any atom is -0.356 e. The molecule has 1 N–H and O–H groups in total. The first kappa shape index (κ1) is 20.7. The van der Waals surface area contributed by atoms with Gasteiger partial charge < -0.3 is 19.7 Å². The number of nitrogens with one attached hydrogen (secondary N) is 1. The Morgan fingerprint density at radius 2 is 2.04 bits per heavy atom. The molecule has 1 fully saturated rings. The molecule has 1 aliphatic rings. The van der Waals surface area contributed by atoms with Crippen LogP contribution in [0.15, 0.2) is 4.99 Å². The Hall–Kier alpha value is -1.63. The van der Waals surface area contributed by atoms with Crippen LogP contribution in [-0.4, -0.2) is 69.8 Å². The van der Waals surface area contributed by atoms with Gasteiger partial charge in [-0.25, -0.2) is 4.99 Å². The van der Waals surface area contributed by atoms with Crippen molar-refractivity contribution >= 4 is 5.96 Å². The van der Waals surface area contributed by atoms with Gasteiger partial charge in [0.15, 0.2) is 11.8 Å². The van der Waals surface area contributed by atoms with E-state index in [1.54, 1.807) is 0 Å². The van der Waals surface area contributed by atoms with Gasteiger partial charge >= 0.3 is 0 Å². The van der Waals surface area contributed by atoms with Gasteiger partial charge in [-0.2, -0.15) is 0 Å². The fourth-order valence-corrected chi connectivity index (χ4v) is 3.40. The monoisotopic (exact) mass is 363 g/mol. The van der Waals surface area contributed by atoms with Crippen LogP contribution in [0.2, 0.25) is 0 Å². The summed E-state index contributed by atoms with van der Waals surface area (Å²) >= 11 is 0. The molecule has 1 aliphatic heterocycles. The number of aromatic nitrogens is 3. The minimum absolute atomic E-state index is 0.572. The van der Waals surface area contributed by atoms with Crippen molar-refractivity contribution in [2.24, 2.45) is 18.0 Å². The lowest BCUT2D eigenvalue weighted by molar-refractivity contribution is 0.255. The molecule has 0 spiro atoms. The molecule has 2 rings (SSSR count). The van der Waals surface area contributed by atoms with Gasteiger partial charge in [0.05, 0.1) is 0 Å². The number of hydrogen-bond acceptors (Lipinski definition) is 4. The zero-order valence-corrected chi connectivity index (χ0v) is 17.3. The Kier molecular flexibility index (Phi) is 8.35. The number of unbranched alkanes of at least 4 members (excludes halogenated alkanes) is 1. The lowest BCUT2D eigenvalue weighted by atomic mass is 10.1. The highest BCUT2D eigenvalue weighted by atomic mass is 15.3. The Morgan fingerprint density at radius 3 is 2.65 bits per heavy atom. The summed E-state index contributed by atoms with van der Waals surface area (Å²) in [7, 11) is 2.00. The Bertz CT molecular complexity index is 562. The van der Waals surface area contributed by atoms with Crippen molar-refractivity contribution in [1.29, 1.82) is 0 Å². The lowest BCUT2D eigenvalue weighted by Crippen LogP contribution is -2.41. The van der Waals surface area contributed by atoms with Crippen molar-refractivity contribution in [3.8, 4) is 0 Å². The molecule has 2 heterocycles. The van der Waals surface area contributed by atoms with Crippen LogP contribution in [0.3, 0.4) is 0 Å². The second-order valence-corrected chi connectivity index (χ2v) is 7.23. The van der Waals surface area contributed by atoms with Crippen LogP contribution in [0, 0.1) is 12.8 Å². The largest absolute Gasteiger partial charge is 0.356 e. The maximum atomic E-state index is 4.87. The highest BCUT2D eigenvalue weighted by molar-refractivity contribution is 5.80. The summed E-state index contributed by atoms with van der Waals surface area (Å²) in [5.74, 6) is 3.60. The molecular formula is C19H37N7. The smallest absolute Gasteiger partial charge is 0.194 e. The van der Waals surface area contributed by atoms with Crippen molar-refractivity contribution in [1.82, 2.24) is 29.9 Å². The van der Waals surface area contributed by atoms with Crippen LogP contribution >= 0.6 is 0 Å². The lowest BCUT2D eigenvalue weighted by Gasteiger charge is -2.24. The van der Waals surface area contributed by atoms with Gasteiger partial charge in [-0.15, -0.1) is 10.2 Å². The van der Waals surface area contributed by atoms with E-state index in [-0.39, 0.29) is 0 Å². The third-order valence-corrected chi connectivity index (χ3v) is 5.36. The predicted octanol–water partition coefficient (Wildman–Crippen LogP) is 2.03. The zero-order chi connectivity index (χ0) is 18.9. The summed E-state index contributed by atoms with van der Waals surface area (Å²) in [5.41, 5.74) is 0. The molecule has 1 saturated heterocycles.